The Balaban J connectivity index is 1.85. The van der Waals surface area contributed by atoms with E-state index in [1.54, 1.807) is 0 Å². The highest BCUT2D eigenvalue weighted by atomic mass is 16.6. The molecular formula is C29H42O10. The van der Waals surface area contributed by atoms with Crippen LogP contribution >= 0.6 is 0 Å². The van der Waals surface area contributed by atoms with E-state index in [4.69, 9.17) is 23.7 Å². The zero-order valence-corrected chi connectivity index (χ0v) is 23.8. The second-order valence-corrected chi connectivity index (χ2v) is 12.2. The van der Waals surface area contributed by atoms with E-state index in [-0.39, 0.29) is 37.4 Å². The van der Waals surface area contributed by atoms with E-state index < -0.39 is 58.6 Å². The molecule has 2 aliphatic carbocycles. The number of epoxide rings is 1. The fourth-order valence-electron chi connectivity index (χ4n) is 7.41. The Bertz CT molecular complexity index is 1030. The molecule has 4 rings (SSSR count). The Hall–Kier alpha value is -2.46. The number of fused-ring (bicyclic) bond motifs is 2. The lowest BCUT2D eigenvalue weighted by molar-refractivity contribution is -0.259. The quantitative estimate of drug-likeness (QED) is 0.259. The Morgan fingerprint density at radius 3 is 2.44 bits per heavy atom. The Morgan fingerprint density at radius 1 is 1.21 bits per heavy atom. The molecule has 39 heavy (non-hydrogen) atoms. The van der Waals surface area contributed by atoms with Crippen LogP contribution in [0.15, 0.2) is 11.6 Å². The normalized spacial score (nSPS) is 38.6. The van der Waals surface area contributed by atoms with Crippen LogP contribution < -0.4 is 0 Å². The molecule has 1 saturated heterocycles. The highest BCUT2D eigenvalue weighted by Gasteiger charge is 2.77. The highest BCUT2D eigenvalue weighted by molar-refractivity contribution is 5.85. The summed E-state index contributed by atoms with van der Waals surface area (Å²) < 4.78 is 29.1. The lowest BCUT2D eigenvalue weighted by Gasteiger charge is -2.64. The van der Waals surface area contributed by atoms with Gasteiger partial charge in [0.15, 0.2) is 0 Å². The molecule has 10 nitrogen and oxygen atoms in total. The molecule has 3 fully saturated rings. The predicted molar refractivity (Wildman–Crippen MR) is 137 cm³/mol. The fraction of sp³-hybridized carbons (Fsp3) is 0.793. The van der Waals surface area contributed by atoms with Crippen molar-refractivity contribution in [2.24, 2.45) is 28.6 Å². The van der Waals surface area contributed by atoms with Gasteiger partial charge in [-0.05, 0) is 43.4 Å². The molecule has 4 aliphatic rings. The molecule has 1 unspecified atom stereocenters. The second kappa shape index (κ2) is 10.8. The summed E-state index contributed by atoms with van der Waals surface area (Å²) in [5.74, 6) is -2.66. The largest absolute Gasteiger partial charge is 0.465 e. The molecule has 2 saturated carbocycles. The SMILES string of the molecule is CCC(C)C(=O)O[C@@H]1CC[C@]2(CO2)[C@]2(COC(C)=O)[C@@H](OC(C)=O)C[C@@H](C)[C@](C)(C[C@H](O)C3=CC(=O)OC3)[C@@H]12. The van der Waals surface area contributed by atoms with Crippen LogP contribution in [0.2, 0.25) is 0 Å². The molecule has 1 spiro atoms. The third kappa shape index (κ3) is 5.22. The van der Waals surface area contributed by atoms with Gasteiger partial charge in [-0.2, -0.15) is 0 Å². The zero-order chi connectivity index (χ0) is 28.8. The molecule has 1 N–H and O–H groups in total. The van der Waals surface area contributed by atoms with E-state index in [9.17, 15) is 24.3 Å². The minimum atomic E-state index is -1.01. The summed E-state index contributed by atoms with van der Waals surface area (Å²) in [6.45, 7) is 10.8. The molecule has 0 bridgehead atoms. The third-order valence-electron chi connectivity index (χ3n) is 9.93. The summed E-state index contributed by atoms with van der Waals surface area (Å²) in [6, 6.07) is 0. The van der Waals surface area contributed by atoms with E-state index in [0.717, 1.165) is 0 Å². The second-order valence-electron chi connectivity index (χ2n) is 12.2. The fourth-order valence-corrected chi connectivity index (χ4v) is 7.41. The van der Waals surface area contributed by atoms with Crippen molar-refractivity contribution < 1.29 is 48.0 Å². The summed E-state index contributed by atoms with van der Waals surface area (Å²) in [4.78, 5) is 49.4. The van der Waals surface area contributed by atoms with E-state index in [1.807, 2.05) is 27.7 Å². The minimum Gasteiger partial charge on any atom is -0.465 e. The van der Waals surface area contributed by atoms with Crippen molar-refractivity contribution in [1.82, 2.24) is 0 Å². The molecule has 0 amide bonds. The Morgan fingerprint density at radius 2 is 1.90 bits per heavy atom. The van der Waals surface area contributed by atoms with Crippen molar-refractivity contribution in [3.63, 3.8) is 0 Å². The van der Waals surface area contributed by atoms with Crippen LogP contribution in [0.5, 0.6) is 0 Å². The number of carbonyl (C=O) groups excluding carboxylic acids is 4. The number of hydrogen-bond donors (Lipinski definition) is 1. The number of cyclic esters (lactones) is 1. The first-order valence-electron chi connectivity index (χ1n) is 14.0. The number of esters is 4. The van der Waals surface area contributed by atoms with Crippen molar-refractivity contribution in [3.05, 3.63) is 11.6 Å². The summed E-state index contributed by atoms with van der Waals surface area (Å²) in [5, 5.41) is 11.3. The van der Waals surface area contributed by atoms with Crippen LogP contribution in [0.25, 0.3) is 0 Å². The molecule has 10 heteroatoms. The molecule has 2 aliphatic heterocycles. The smallest absolute Gasteiger partial charge is 0.331 e. The molecule has 2 heterocycles. The van der Waals surface area contributed by atoms with Crippen molar-refractivity contribution in [2.45, 2.75) is 97.6 Å². The van der Waals surface area contributed by atoms with Crippen LogP contribution in [-0.2, 0) is 42.9 Å². The molecule has 0 aromatic rings. The average Bonchev–Trinajstić information content (AvgIpc) is 3.52. The molecule has 218 valence electrons. The van der Waals surface area contributed by atoms with Crippen molar-refractivity contribution in [3.8, 4) is 0 Å². The van der Waals surface area contributed by atoms with E-state index >= 15 is 0 Å². The first kappa shape index (κ1) is 29.5. The minimum absolute atomic E-state index is 0.0171. The van der Waals surface area contributed by atoms with Gasteiger partial charge in [0.25, 0.3) is 0 Å². The Labute approximate surface area is 229 Å². The molecular weight excluding hydrogens is 508 g/mol. The van der Waals surface area contributed by atoms with Gasteiger partial charge < -0.3 is 28.8 Å². The molecule has 9 atom stereocenters. The maximum absolute atomic E-state index is 13.1. The molecule has 0 aromatic carbocycles. The summed E-state index contributed by atoms with van der Waals surface area (Å²) >= 11 is 0. The molecule has 0 radical (unpaired) electrons. The van der Waals surface area contributed by atoms with Gasteiger partial charge in [-0.3, -0.25) is 14.4 Å². The number of ether oxygens (including phenoxy) is 5. The van der Waals surface area contributed by atoms with Gasteiger partial charge in [-0.15, -0.1) is 0 Å². The number of carbonyl (C=O) groups is 4. The van der Waals surface area contributed by atoms with E-state index in [2.05, 4.69) is 0 Å². The maximum atomic E-state index is 13.1. The van der Waals surface area contributed by atoms with Crippen LogP contribution in [0.1, 0.15) is 73.6 Å². The van der Waals surface area contributed by atoms with Crippen LogP contribution in [-0.4, -0.2) is 72.7 Å². The average molecular weight is 551 g/mol. The van der Waals surface area contributed by atoms with Gasteiger partial charge in [0.1, 0.15) is 31.0 Å². The first-order valence-corrected chi connectivity index (χ1v) is 14.0. The van der Waals surface area contributed by atoms with Gasteiger partial charge in [0.05, 0.1) is 24.0 Å². The molecule has 0 aromatic heterocycles. The van der Waals surface area contributed by atoms with Crippen LogP contribution in [0, 0.1) is 28.6 Å². The van der Waals surface area contributed by atoms with E-state index in [1.165, 1.54) is 19.9 Å². The van der Waals surface area contributed by atoms with Gasteiger partial charge in [0, 0.05) is 31.4 Å². The van der Waals surface area contributed by atoms with Crippen LogP contribution in [0.3, 0.4) is 0 Å². The maximum Gasteiger partial charge on any atom is 0.331 e. The lowest BCUT2D eigenvalue weighted by atomic mass is 9.42. The summed E-state index contributed by atoms with van der Waals surface area (Å²) in [5.41, 5.74) is -1.95. The van der Waals surface area contributed by atoms with E-state index in [0.29, 0.717) is 37.9 Å². The van der Waals surface area contributed by atoms with Crippen LogP contribution in [0.4, 0.5) is 0 Å². The third-order valence-corrected chi connectivity index (χ3v) is 9.93. The van der Waals surface area contributed by atoms with Crippen molar-refractivity contribution in [1.29, 1.82) is 0 Å². The zero-order valence-electron chi connectivity index (χ0n) is 23.8. The van der Waals surface area contributed by atoms with Gasteiger partial charge in [0.2, 0.25) is 0 Å². The predicted octanol–water partition coefficient (Wildman–Crippen LogP) is 2.88. The lowest BCUT2D eigenvalue weighted by Crippen LogP contribution is -2.71. The highest BCUT2D eigenvalue weighted by Crippen LogP contribution is 2.69. The van der Waals surface area contributed by atoms with Gasteiger partial charge >= 0.3 is 23.9 Å². The van der Waals surface area contributed by atoms with Gasteiger partial charge in [-0.1, -0.05) is 27.7 Å². The first-order chi connectivity index (χ1) is 18.3. The monoisotopic (exact) mass is 550 g/mol. The number of rotatable bonds is 9. The van der Waals surface area contributed by atoms with Gasteiger partial charge in [-0.25, -0.2) is 4.79 Å². The number of aliphatic hydroxyl groups is 1. The van der Waals surface area contributed by atoms with Crippen molar-refractivity contribution >= 4 is 23.9 Å². The standard InChI is InChI=1S/C29H42O10/c1-7-16(2)26(34)39-22-8-9-28(14-37-28)29(15-36-18(4)30)23(38-19(5)31)10-17(3)27(6,25(22)29)12-21(32)20-11-24(33)35-13-20/h11,16-17,21-23,25,32H,7-10,12-15H2,1-6H3/t16?,17-,21+,22-,23+,25-,27+,28+,29-/m1/s1. The summed E-state index contributed by atoms with van der Waals surface area (Å²) in [7, 11) is 0. The Kier molecular flexibility index (Phi) is 8.21. The van der Waals surface area contributed by atoms with Crippen molar-refractivity contribution in [2.75, 3.05) is 19.8 Å². The number of aliphatic hydroxyl groups excluding tert-OH is 1. The number of hydrogen-bond acceptors (Lipinski definition) is 10. The summed E-state index contributed by atoms with van der Waals surface area (Å²) in [6.07, 6.45) is 1.44. The topological polar surface area (TPSA) is 138 Å².